The zero-order chi connectivity index (χ0) is 22.1. The van der Waals surface area contributed by atoms with E-state index in [1.807, 2.05) is 35.2 Å². The first-order valence-corrected chi connectivity index (χ1v) is 10.6. The summed E-state index contributed by atoms with van der Waals surface area (Å²) < 4.78 is 7.00. The highest BCUT2D eigenvalue weighted by Crippen LogP contribution is 2.30. The first-order chi connectivity index (χ1) is 15.6. The maximum Gasteiger partial charge on any atom is 0.244 e. The van der Waals surface area contributed by atoms with E-state index >= 15 is 0 Å². The molecule has 0 atom stereocenters. The van der Waals surface area contributed by atoms with Crippen molar-refractivity contribution in [1.82, 2.24) is 25.3 Å². The van der Waals surface area contributed by atoms with E-state index in [1.54, 1.807) is 29.2 Å². The van der Waals surface area contributed by atoms with Crippen LogP contribution in [0.4, 0.5) is 11.5 Å². The number of fused-ring (bicyclic) bond motifs is 1. The lowest BCUT2D eigenvalue weighted by molar-refractivity contribution is -0.132. The number of rotatable bonds is 5. The van der Waals surface area contributed by atoms with Crippen molar-refractivity contribution in [2.24, 2.45) is 0 Å². The van der Waals surface area contributed by atoms with Gasteiger partial charge in [0, 0.05) is 44.1 Å². The number of ether oxygens (including phenoxy) is 1. The minimum Gasteiger partial charge on any atom is -0.495 e. The maximum absolute atomic E-state index is 13.1. The van der Waals surface area contributed by atoms with Crippen molar-refractivity contribution in [3.63, 3.8) is 0 Å². The summed E-state index contributed by atoms with van der Waals surface area (Å²) in [5.41, 5.74) is 5.21. The first-order valence-electron chi connectivity index (χ1n) is 10.2. The lowest BCUT2D eigenvalue weighted by Gasteiger charge is -2.36. The van der Waals surface area contributed by atoms with Crippen molar-refractivity contribution >= 4 is 40.0 Å². The van der Waals surface area contributed by atoms with Crippen LogP contribution < -0.4 is 20.2 Å². The number of hydrogen-bond acceptors (Lipinski definition) is 8. The fourth-order valence-corrected chi connectivity index (χ4v) is 4.08. The second-order valence-corrected chi connectivity index (χ2v) is 7.81. The summed E-state index contributed by atoms with van der Waals surface area (Å²) >= 11 is 6.14. The molecule has 3 aromatic rings. The molecule has 0 spiro atoms. The molecule has 1 saturated heterocycles. The molecule has 2 aliphatic rings. The van der Waals surface area contributed by atoms with Crippen LogP contribution in [-0.2, 0) is 16.2 Å². The SMILES string of the molecule is COc1cc(N2CCN(C(=O)Cn3nc(N4C=CON4)c4ncccc43)CC2)ccc1Cl. The smallest absolute Gasteiger partial charge is 0.244 e. The Morgan fingerprint density at radius 3 is 2.84 bits per heavy atom. The highest BCUT2D eigenvalue weighted by atomic mass is 35.5. The summed E-state index contributed by atoms with van der Waals surface area (Å²) in [6.45, 7) is 2.83. The topological polar surface area (TPSA) is 88.0 Å². The Labute approximate surface area is 189 Å². The van der Waals surface area contributed by atoms with Gasteiger partial charge in [0.15, 0.2) is 5.82 Å². The number of anilines is 2. The third-order valence-electron chi connectivity index (χ3n) is 5.57. The van der Waals surface area contributed by atoms with Gasteiger partial charge >= 0.3 is 0 Å². The van der Waals surface area contributed by atoms with E-state index in [0.717, 1.165) is 24.3 Å². The summed E-state index contributed by atoms with van der Waals surface area (Å²) in [6, 6.07) is 9.46. The molecule has 5 rings (SSSR count). The summed E-state index contributed by atoms with van der Waals surface area (Å²) in [5, 5.41) is 6.80. The van der Waals surface area contributed by atoms with Crippen LogP contribution in [0.2, 0.25) is 5.02 Å². The molecule has 0 aliphatic carbocycles. The van der Waals surface area contributed by atoms with Gasteiger partial charge in [-0.15, -0.1) is 5.10 Å². The van der Waals surface area contributed by atoms with Crippen LogP contribution in [0.1, 0.15) is 0 Å². The van der Waals surface area contributed by atoms with Gasteiger partial charge in [-0.25, -0.2) is 5.01 Å². The first kappa shape index (κ1) is 20.4. The van der Waals surface area contributed by atoms with E-state index in [9.17, 15) is 4.79 Å². The number of hydrogen-bond donors (Lipinski definition) is 1. The Morgan fingerprint density at radius 2 is 2.09 bits per heavy atom. The molecule has 4 heterocycles. The lowest BCUT2D eigenvalue weighted by atomic mass is 10.2. The number of methoxy groups -OCH3 is 1. The van der Waals surface area contributed by atoms with Gasteiger partial charge in [0.1, 0.15) is 24.1 Å². The number of piperazine rings is 1. The Bertz CT molecular complexity index is 1170. The molecule has 1 amide bonds. The third-order valence-corrected chi connectivity index (χ3v) is 5.88. The standard InChI is InChI=1S/C21H22ClN7O3/c1-31-18-13-15(4-5-16(18)22)26-7-9-27(10-8-26)19(30)14-29-17-3-2-6-23-20(17)21(24-29)28-11-12-32-25-28/h2-6,11-13,25H,7-10,14H2,1H3. The third kappa shape index (κ3) is 3.78. The number of pyridine rings is 1. The van der Waals surface area contributed by atoms with Crippen LogP contribution in [0.25, 0.3) is 11.0 Å². The largest absolute Gasteiger partial charge is 0.495 e. The van der Waals surface area contributed by atoms with Gasteiger partial charge in [0.2, 0.25) is 5.91 Å². The molecule has 1 fully saturated rings. The van der Waals surface area contributed by atoms with Crippen LogP contribution in [0, 0.1) is 0 Å². The molecule has 0 radical (unpaired) electrons. The van der Waals surface area contributed by atoms with Crippen molar-refractivity contribution in [2.45, 2.75) is 6.54 Å². The Balaban J connectivity index is 1.28. The Kier molecular flexibility index (Phi) is 5.46. The van der Waals surface area contributed by atoms with Crippen molar-refractivity contribution in [3.05, 3.63) is 54.0 Å². The number of benzene rings is 1. The second kappa shape index (κ2) is 8.56. The zero-order valence-corrected chi connectivity index (χ0v) is 18.2. The predicted octanol–water partition coefficient (Wildman–Crippen LogP) is 2.17. The van der Waals surface area contributed by atoms with Crippen LogP contribution >= 0.6 is 11.6 Å². The van der Waals surface area contributed by atoms with Gasteiger partial charge in [-0.05, 0) is 24.3 Å². The van der Waals surface area contributed by atoms with Crippen molar-refractivity contribution in [1.29, 1.82) is 0 Å². The molecule has 1 aromatic carbocycles. The minimum atomic E-state index is 0.0133. The zero-order valence-electron chi connectivity index (χ0n) is 17.4. The number of amides is 1. The fourth-order valence-electron chi connectivity index (χ4n) is 3.89. The lowest BCUT2D eigenvalue weighted by Crippen LogP contribution is -2.49. The molecular weight excluding hydrogens is 434 g/mol. The fraction of sp³-hybridized carbons (Fsp3) is 0.286. The number of nitrogens with zero attached hydrogens (tertiary/aromatic N) is 6. The van der Waals surface area contributed by atoms with E-state index < -0.39 is 0 Å². The minimum absolute atomic E-state index is 0.0133. The van der Waals surface area contributed by atoms with Gasteiger partial charge in [-0.2, -0.15) is 0 Å². The van der Waals surface area contributed by atoms with E-state index in [2.05, 4.69) is 20.6 Å². The number of halogens is 1. The van der Waals surface area contributed by atoms with Crippen LogP contribution in [0.5, 0.6) is 5.75 Å². The summed E-state index contributed by atoms with van der Waals surface area (Å²) in [7, 11) is 1.60. The molecule has 166 valence electrons. The maximum atomic E-state index is 13.1. The van der Waals surface area contributed by atoms with Crippen molar-refractivity contribution in [2.75, 3.05) is 43.2 Å². The number of nitrogens with one attached hydrogen (secondary N) is 1. The van der Waals surface area contributed by atoms with Gasteiger partial charge < -0.3 is 19.4 Å². The molecule has 32 heavy (non-hydrogen) atoms. The number of carbonyl (C=O) groups excluding carboxylic acids is 1. The molecule has 11 heteroatoms. The van der Waals surface area contributed by atoms with Gasteiger partial charge in [0.05, 0.1) is 23.8 Å². The molecule has 1 N–H and O–H groups in total. The Hall–Kier alpha value is -3.50. The average molecular weight is 456 g/mol. The number of aromatic nitrogens is 3. The van der Waals surface area contributed by atoms with Gasteiger partial charge in [-0.3, -0.25) is 14.5 Å². The van der Waals surface area contributed by atoms with Crippen molar-refractivity contribution < 1.29 is 14.4 Å². The average Bonchev–Trinajstić information content (AvgIpc) is 3.48. The van der Waals surface area contributed by atoms with Gasteiger partial charge in [-0.1, -0.05) is 17.2 Å². The number of hydrazine groups is 1. The Morgan fingerprint density at radius 1 is 1.25 bits per heavy atom. The monoisotopic (exact) mass is 455 g/mol. The molecule has 2 aliphatic heterocycles. The van der Waals surface area contributed by atoms with E-state index in [-0.39, 0.29) is 12.5 Å². The van der Waals surface area contributed by atoms with E-state index in [4.69, 9.17) is 21.2 Å². The van der Waals surface area contributed by atoms with E-state index in [1.165, 1.54) is 6.26 Å². The molecule has 0 bridgehead atoms. The molecule has 0 unspecified atom stereocenters. The second-order valence-electron chi connectivity index (χ2n) is 7.40. The predicted molar refractivity (Wildman–Crippen MR) is 120 cm³/mol. The molecule has 0 saturated carbocycles. The summed E-state index contributed by atoms with van der Waals surface area (Å²) in [6.07, 6.45) is 4.91. The van der Waals surface area contributed by atoms with Crippen LogP contribution in [-0.4, -0.2) is 58.9 Å². The van der Waals surface area contributed by atoms with Crippen LogP contribution in [0.3, 0.4) is 0 Å². The molecule has 10 nitrogen and oxygen atoms in total. The summed E-state index contributed by atoms with van der Waals surface area (Å²) in [4.78, 5) is 26.6. The molecule has 2 aromatic heterocycles. The normalized spacial score (nSPS) is 16.0. The quantitative estimate of drug-likeness (QED) is 0.626. The summed E-state index contributed by atoms with van der Waals surface area (Å²) in [5.74, 6) is 1.23. The van der Waals surface area contributed by atoms with E-state index in [0.29, 0.717) is 35.2 Å². The van der Waals surface area contributed by atoms with Gasteiger partial charge in [0.25, 0.3) is 0 Å². The van der Waals surface area contributed by atoms with Crippen LogP contribution in [0.15, 0.2) is 49.0 Å². The highest BCUT2D eigenvalue weighted by Gasteiger charge is 2.25. The molecular formula is C21H22ClN7O3. The number of carbonyl (C=O) groups is 1. The highest BCUT2D eigenvalue weighted by molar-refractivity contribution is 6.32. The van der Waals surface area contributed by atoms with Crippen molar-refractivity contribution in [3.8, 4) is 5.75 Å².